The first kappa shape index (κ1) is 13.6. The van der Waals surface area contributed by atoms with Gasteiger partial charge < -0.3 is 15.4 Å². The lowest BCUT2D eigenvalue weighted by atomic mass is 9.97. The zero-order valence-electron chi connectivity index (χ0n) is 11.8. The summed E-state index contributed by atoms with van der Waals surface area (Å²) < 4.78 is 5.64. The molecule has 1 aliphatic heterocycles. The van der Waals surface area contributed by atoms with Gasteiger partial charge in [-0.2, -0.15) is 0 Å². The normalized spacial score (nSPS) is 16.9. The summed E-state index contributed by atoms with van der Waals surface area (Å²) in [6.07, 6.45) is 1.91. The summed E-state index contributed by atoms with van der Waals surface area (Å²) in [6.45, 7) is 0.562. The lowest BCUT2D eigenvalue weighted by molar-refractivity contribution is -0.128. The monoisotopic (exact) mass is 283 g/mol. The molecule has 21 heavy (non-hydrogen) atoms. The van der Waals surface area contributed by atoms with Crippen molar-refractivity contribution in [1.82, 2.24) is 4.98 Å². The fourth-order valence-electron chi connectivity index (χ4n) is 2.43. The van der Waals surface area contributed by atoms with E-state index in [4.69, 9.17) is 4.74 Å². The van der Waals surface area contributed by atoms with E-state index in [0.717, 1.165) is 17.8 Å². The van der Waals surface area contributed by atoms with Gasteiger partial charge in [-0.3, -0.25) is 4.79 Å². The fourth-order valence-corrected chi connectivity index (χ4v) is 2.43. The zero-order chi connectivity index (χ0) is 14.7. The Morgan fingerprint density at radius 3 is 2.90 bits per heavy atom. The number of fused-ring (bicyclic) bond motifs is 1. The van der Waals surface area contributed by atoms with E-state index < -0.39 is 6.10 Å². The molecule has 5 heteroatoms. The Kier molecular flexibility index (Phi) is 3.83. The van der Waals surface area contributed by atoms with Crippen molar-refractivity contribution in [2.75, 3.05) is 24.3 Å². The quantitative estimate of drug-likeness (QED) is 0.908. The molecule has 108 valence electrons. The molecule has 0 saturated heterocycles. The lowest BCUT2D eigenvalue weighted by Crippen LogP contribution is -2.28. The summed E-state index contributed by atoms with van der Waals surface area (Å²) in [4.78, 5) is 16.6. The van der Waals surface area contributed by atoms with Crippen LogP contribution in [0.2, 0.25) is 0 Å². The van der Waals surface area contributed by atoms with Gasteiger partial charge in [-0.1, -0.05) is 24.3 Å². The second-order valence-corrected chi connectivity index (χ2v) is 4.87. The number of nitrogens with one attached hydrogen (secondary N) is 2. The number of nitrogens with zero attached hydrogens (tertiary/aromatic N) is 1. The summed E-state index contributed by atoms with van der Waals surface area (Å²) in [5, 5.41) is 5.78. The number of carbonyl (C=O) groups is 1. The predicted molar refractivity (Wildman–Crippen MR) is 81.3 cm³/mol. The second kappa shape index (κ2) is 5.93. The van der Waals surface area contributed by atoms with Gasteiger partial charge >= 0.3 is 0 Å². The Morgan fingerprint density at radius 1 is 1.29 bits per heavy atom. The molecular formula is C16H17N3O2. The van der Waals surface area contributed by atoms with Crippen LogP contribution in [0.15, 0.2) is 42.6 Å². The first-order valence-electron chi connectivity index (χ1n) is 6.92. The predicted octanol–water partition coefficient (Wildman–Crippen LogP) is 2.38. The molecule has 0 bridgehead atoms. The van der Waals surface area contributed by atoms with Gasteiger partial charge in [0.15, 0.2) is 6.10 Å². The van der Waals surface area contributed by atoms with E-state index in [9.17, 15) is 4.79 Å². The summed E-state index contributed by atoms with van der Waals surface area (Å²) in [5.74, 6) is 0.591. The van der Waals surface area contributed by atoms with Crippen LogP contribution in [-0.2, 0) is 16.0 Å². The molecule has 5 nitrogen and oxygen atoms in total. The topological polar surface area (TPSA) is 63.2 Å². The van der Waals surface area contributed by atoms with Gasteiger partial charge in [0, 0.05) is 7.05 Å². The summed E-state index contributed by atoms with van der Waals surface area (Å²) in [5.41, 5.74) is 2.78. The number of aromatic nitrogens is 1. The third kappa shape index (κ3) is 2.87. The van der Waals surface area contributed by atoms with E-state index in [1.807, 2.05) is 36.4 Å². The highest BCUT2D eigenvalue weighted by molar-refractivity contribution is 5.95. The smallest absolute Gasteiger partial charge is 0.258 e. The molecule has 0 radical (unpaired) electrons. The van der Waals surface area contributed by atoms with Crippen LogP contribution in [0.5, 0.6) is 0 Å². The Labute approximate surface area is 123 Å². The van der Waals surface area contributed by atoms with Crippen LogP contribution in [-0.4, -0.2) is 24.5 Å². The number of rotatable bonds is 3. The molecule has 0 aliphatic carbocycles. The Hall–Kier alpha value is -2.40. The number of pyridine rings is 1. The second-order valence-electron chi connectivity index (χ2n) is 4.87. The number of hydrogen-bond acceptors (Lipinski definition) is 4. The maximum absolute atomic E-state index is 12.4. The Balaban J connectivity index is 1.76. The van der Waals surface area contributed by atoms with Crippen LogP contribution in [0.1, 0.15) is 17.2 Å². The molecule has 2 heterocycles. The van der Waals surface area contributed by atoms with Gasteiger partial charge in [-0.25, -0.2) is 4.98 Å². The maximum Gasteiger partial charge on any atom is 0.258 e. The third-order valence-corrected chi connectivity index (χ3v) is 3.52. The average Bonchev–Trinajstić information content (AvgIpc) is 2.55. The van der Waals surface area contributed by atoms with Crippen molar-refractivity contribution in [1.29, 1.82) is 0 Å². The average molecular weight is 283 g/mol. The molecule has 0 saturated carbocycles. The van der Waals surface area contributed by atoms with E-state index in [1.54, 1.807) is 13.2 Å². The van der Waals surface area contributed by atoms with Crippen LogP contribution in [0.25, 0.3) is 0 Å². The molecule has 2 aromatic rings. The molecule has 0 spiro atoms. The van der Waals surface area contributed by atoms with E-state index in [2.05, 4.69) is 15.6 Å². The molecule has 1 amide bonds. The molecule has 0 fully saturated rings. The Morgan fingerprint density at radius 2 is 2.14 bits per heavy atom. The largest absolute Gasteiger partial charge is 0.373 e. The molecule has 1 aromatic heterocycles. The molecular weight excluding hydrogens is 266 g/mol. The highest BCUT2D eigenvalue weighted by atomic mass is 16.5. The molecule has 1 aliphatic rings. The number of ether oxygens (including phenoxy) is 1. The van der Waals surface area contributed by atoms with Crippen LogP contribution >= 0.6 is 0 Å². The highest BCUT2D eigenvalue weighted by Gasteiger charge is 2.27. The SMILES string of the molecule is CNc1ccc(NC(=O)C2OCCc3ccccc32)cn1. The van der Waals surface area contributed by atoms with E-state index in [0.29, 0.717) is 12.3 Å². The number of amides is 1. The standard InChI is InChI=1S/C16H17N3O2/c1-17-14-7-6-12(10-18-14)19-16(20)15-13-5-3-2-4-11(13)8-9-21-15/h2-7,10,15H,8-9H2,1H3,(H,17,18)(H,19,20). The van der Waals surface area contributed by atoms with Crippen molar-refractivity contribution in [3.63, 3.8) is 0 Å². The number of carbonyl (C=O) groups excluding carboxylic acids is 1. The van der Waals surface area contributed by atoms with Gasteiger partial charge in [0.2, 0.25) is 0 Å². The van der Waals surface area contributed by atoms with Gasteiger partial charge in [0.05, 0.1) is 18.5 Å². The number of benzene rings is 1. The number of anilines is 2. The first-order chi connectivity index (χ1) is 10.3. The summed E-state index contributed by atoms with van der Waals surface area (Å²) in [7, 11) is 1.80. The minimum atomic E-state index is -0.557. The zero-order valence-corrected chi connectivity index (χ0v) is 11.8. The molecule has 1 atom stereocenters. The van der Waals surface area contributed by atoms with Crippen molar-refractivity contribution in [3.05, 3.63) is 53.7 Å². The summed E-state index contributed by atoms with van der Waals surface area (Å²) >= 11 is 0. The van der Waals surface area contributed by atoms with Gasteiger partial charge in [-0.15, -0.1) is 0 Å². The molecule has 3 rings (SSSR count). The molecule has 2 N–H and O–H groups in total. The van der Waals surface area contributed by atoms with Gasteiger partial charge in [0.25, 0.3) is 5.91 Å². The highest BCUT2D eigenvalue weighted by Crippen LogP contribution is 2.28. The minimum absolute atomic E-state index is 0.166. The van der Waals surface area contributed by atoms with E-state index in [1.165, 1.54) is 5.56 Å². The lowest BCUT2D eigenvalue weighted by Gasteiger charge is -2.25. The van der Waals surface area contributed by atoms with Gasteiger partial charge in [0.1, 0.15) is 5.82 Å². The maximum atomic E-state index is 12.4. The van der Waals surface area contributed by atoms with Gasteiger partial charge in [-0.05, 0) is 29.7 Å². The van der Waals surface area contributed by atoms with Crippen LogP contribution < -0.4 is 10.6 Å². The first-order valence-corrected chi connectivity index (χ1v) is 6.92. The van der Waals surface area contributed by atoms with Crippen LogP contribution in [0.4, 0.5) is 11.5 Å². The van der Waals surface area contributed by atoms with Crippen molar-refractivity contribution < 1.29 is 9.53 Å². The molecule has 1 aromatic carbocycles. The van der Waals surface area contributed by atoms with Crippen molar-refractivity contribution >= 4 is 17.4 Å². The fraction of sp³-hybridized carbons (Fsp3) is 0.250. The Bertz CT molecular complexity index is 640. The van der Waals surface area contributed by atoms with Crippen molar-refractivity contribution in [2.45, 2.75) is 12.5 Å². The van der Waals surface area contributed by atoms with Crippen LogP contribution in [0.3, 0.4) is 0 Å². The summed E-state index contributed by atoms with van der Waals surface area (Å²) in [6, 6.07) is 11.5. The van der Waals surface area contributed by atoms with E-state index >= 15 is 0 Å². The van der Waals surface area contributed by atoms with Crippen molar-refractivity contribution in [2.24, 2.45) is 0 Å². The minimum Gasteiger partial charge on any atom is -0.373 e. The third-order valence-electron chi connectivity index (χ3n) is 3.52. The van der Waals surface area contributed by atoms with Crippen molar-refractivity contribution in [3.8, 4) is 0 Å². The molecule has 1 unspecified atom stereocenters. The van der Waals surface area contributed by atoms with Crippen LogP contribution in [0, 0.1) is 0 Å². The van der Waals surface area contributed by atoms with E-state index in [-0.39, 0.29) is 5.91 Å². The number of hydrogen-bond donors (Lipinski definition) is 2.